The third-order valence-corrected chi connectivity index (χ3v) is 1.30. The van der Waals surface area contributed by atoms with Crippen LogP contribution in [0.2, 0.25) is 0 Å². The molecule has 0 fully saturated rings. The van der Waals surface area contributed by atoms with Gasteiger partial charge in [0.25, 0.3) is 0 Å². The number of aromatic carboxylic acids is 1. The van der Waals surface area contributed by atoms with Crippen LogP contribution in [0.3, 0.4) is 0 Å². The molecule has 0 radical (unpaired) electrons. The molecule has 1 aromatic rings. The monoisotopic (exact) mass is 258 g/mol. The van der Waals surface area contributed by atoms with Gasteiger partial charge in [-0.25, -0.2) is 0 Å². The Kier molecular flexibility index (Phi) is 11.4. The summed E-state index contributed by atoms with van der Waals surface area (Å²) in [5, 5.41) is 19.3. The molecule has 0 N–H and O–H groups in total. The molecule has 0 saturated heterocycles. The van der Waals surface area contributed by atoms with E-state index in [0.717, 1.165) is 0 Å². The molecule has 68 valence electrons. The average molecular weight is 258 g/mol. The number of hydrogen-bond acceptors (Lipinski definition) is 4. The second-order valence-corrected chi connectivity index (χ2v) is 2.17. The van der Waals surface area contributed by atoms with Crippen LogP contribution < -0.4 is 108 Å². The number of carboxylic acids is 1. The molecule has 1 aromatic carbocycles. The van der Waals surface area contributed by atoms with Gasteiger partial charge in [0, 0.05) is 0 Å². The predicted molar refractivity (Wildman–Crippen MR) is 40.8 cm³/mol. The zero-order chi connectivity index (χ0) is 9.84. The van der Waals surface area contributed by atoms with Gasteiger partial charge < -0.3 is 15.3 Å². The third-order valence-electron chi connectivity index (χ3n) is 1.30. The van der Waals surface area contributed by atoms with E-state index in [-0.39, 0.29) is 114 Å². The summed E-state index contributed by atoms with van der Waals surface area (Å²) in [4.78, 5) is 20.2. The molecule has 0 amide bonds. The molecule has 0 aliphatic carbocycles. The molecule has 0 aromatic heterocycles. The van der Waals surface area contributed by atoms with Crippen LogP contribution in [0.25, 0.3) is 5.43 Å². The van der Waals surface area contributed by atoms with Crippen molar-refractivity contribution in [3.63, 3.8) is 0 Å². The Labute approximate surface area is 171 Å². The van der Waals surface area contributed by atoms with E-state index in [9.17, 15) is 20.0 Å². The Bertz CT molecular complexity index is 341. The van der Waals surface area contributed by atoms with Crippen molar-refractivity contribution in [3.05, 3.63) is 45.4 Å². The fourth-order valence-corrected chi connectivity index (χ4v) is 0.758. The summed E-state index contributed by atoms with van der Waals surface area (Å²) in [6.45, 7) is 0. The van der Waals surface area contributed by atoms with Crippen molar-refractivity contribution in [1.82, 2.24) is 0 Å². The van der Waals surface area contributed by atoms with Crippen LogP contribution in [0.5, 0.6) is 0 Å². The molecule has 1 rings (SSSR count). The zero-order valence-electron chi connectivity index (χ0n) is 8.34. The van der Waals surface area contributed by atoms with Crippen molar-refractivity contribution in [3.8, 4) is 0 Å². The first-order valence-corrected chi connectivity index (χ1v) is 3.27. The molecule has 0 atom stereocenters. The molecule has 0 saturated carbocycles. The number of carbonyl (C=O) groups excluding carboxylic acids is 1. The second kappa shape index (κ2) is 9.22. The van der Waals surface area contributed by atoms with Crippen LogP contribution >= 0.6 is 0 Å². The van der Waals surface area contributed by atoms with E-state index >= 15 is 0 Å². The van der Waals surface area contributed by atoms with Crippen molar-refractivity contribution < 1.29 is 118 Å². The van der Waals surface area contributed by atoms with E-state index in [1.54, 1.807) is 0 Å². The van der Waals surface area contributed by atoms with E-state index in [1.165, 1.54) is 24.3 Å². The molecule has 0 aliphatic heterocycles. The molecular weight excluding hydrogens is 254 g/mol. The average Bonchev–Trinajstić information content (AvgIpc) is 2.04. The van der Waals surface area contributed by atoms with Gasteiger partial charge in [-0.15, -0.1) is 0 Å². The number of rotatable bonds is 3. The normalized spacial score (nSPS) is 8.00. The largest absolute Gasteiger partial charge is 1.00 e. The summed E-state index contributed by atoms with van der Waals surface area (Å²) in [6, 6.07) is 4.84. The minimum Gasteiger partial charge on any atom is -0.545 e. The molecule has 15 heavy (non-hydrogen) atoms. The molecule has 0 aliphatic rings. The predicted octanol–water partition coefficient (Wildman–Crippen LogP) is -5.74. The van der Waals surface area contributed by atoms with Gasteiger partial charge in [-0.05, 0) is 10.6 Å². The number of nitrogens with zero attached hydrogens (tertiary/aromatic N) is 2. The van der Waals surface area contributed by atoms with Crippen molar-refractivity contribution in [1.29, 1.82) is 0 Å². The van der Waals surface area contributed by atoms with Gasteiger partial charge in [-0.1, -0.05) is 30.0 Å². The summed E-state index contributed by atoms with van der Waals surface area (Å²) in [5.74, 6) is -1.33. The van der Waals surface area contributed by atoms with Crippen LogP contribution in [0.4, 0.5) is 5.69 Å². The van der Waals surface area contributed by atoms with Crippen LogP contribution in [-0.4, -0.2) is 11.0 Å². The first-order chi connectivity index (χ1) is 6.09. The summed E-state index contributed by atoms with van der Waals surface area (Å²) in [5.41, 5.74) is 3.02. The van der Waals surface area contributed by atoms with Crippen molar-refractivity contribution >= 4 is 11.7 Å². The Morgan fingerprint density at radius 1 is 1.20 bits per heavy atom. The van der Waals surface area contributed by atoms with Crippen molar-refractivity contribution in [2.45, 2.75) is 0 Å². The van der Waals surface area contributed by atoms with E-state index < -0.39 is 11.0 Å². The van der Waals surface area contributed by atoms with Gasteiger partial charge >= 0.3 is 103 Å². The smallest absolute Gasteiger partial charge is 0.545 e. The standard InChI is InChI=1S/C7H5N2O4.2K/c10-7(11)5-1-3-6(4-2-5)8-9(12)13;;/h1-4H,(H,10,11);;/q-1;2*+1/p-1. The third kappa shape index (κ3) is 7.15. The number of hydrogen-bond donors (Lipinski definition) is 0. The minimum absolute atomic E-state index is 0. The van der Waals surface area contributed by atoms with Gasteiger partial charge in [-0.3, -0.25) is 10.1 Å². The van der Waals surface area contributed by atoms with E-state index in [4.69, 9.17) is 0 Å². The molecule has 8 heteroatoms. The minimum atomic E-state index is -1.33. The number of carboxylic acid groups (broad SMARTS) is 1. The Morgan fingerprint density at radius 3 is 2.00 bits per heavy atom. The number of carbonyl (C=O) groups is 1. The van der Waals surface area contributed by atoms with Crippen LogP contribution in [0.1, 0.15) is 10.4 Å². The number of nitro groups is 1. The van der Waals surface area contributed by atoms with E-state index in [1.807, 2.05) is 0 Å². The molecule has 0 bridgehead atoms. The zero-order valence-corrected chi connectivity index (χ0v) is 14.6. The Morgan fingerprint density at radius 2 is 1.67 bits per heavy atom. The molecule has 0 heterocycles. The maximum absolute atomic E-state index is 10.3. The molecule has 0 spiro atoms. The summed E-state index contributed by atoms with van der Waals surface area (Å²) < 4.78 is 0. The van der Waals surface area contributed by atoms with Gasteiger partial charge in [-0.2, -0.15) is 0 Å². The summed E-state index contributed by atoms with van der Waals surface area (Å²) in [6.07, 6.45) is 0. The fourth-order valence-electron chi connectivity index (χ4n) is 0.758. The molecule has 0 unspecified atom stereocenters. The van der Waals surface area contributed by atoms with E-state index in [0.29, 0.717) is 0 Å². The second-order valence-electron chi connectivity index (χ2n) is 2.17. The van der Waals surface area contributed by atoms with Gasteiger partial charge in [0.1, 0.15) is 0 Å². The van der Waals surface area contributed by atoms with Gasteiger partial charge in [0.2, 0.25) is 0 Å². The Hall–Kier alpha value is 1.16. The first-order valence-electron chi connectivity index (χ1n) is 3.27. The van der Waals surface area contributed by atoms with Gasteiger partial charge in [0.05, 0.1) is 5.97 Å². The number of benzene rings is 1. The maximum atomic E-state index is 10.3. The first kappa shape index (κ1) is 18.5. The Balaban J connectivity index is 0. The van der Waals surface area contributed by atoms with Crippen molar-refractivity contribution in [2.75, 3.05) is 0 Å². The molecule has 6 nitrogen and oxygen atoms in total. The van der Waals surface area contributed by atoms with E-state index in [2.05, 4.69) is 5.43 Å². The quantitative estimate of drug-likeness (QED) is 0.306. The van der Waals surface area contributed by atoms with Crippen LogP contribution in [-0.2, 0) is 0 Å². The fraction of sp³-hybridized carbons (Fsp3) is 0. The molecular formula is C7H4K2N2O4. The van der Waals surface area contributed by atoms with Crippen LogP contribution in [0, 0.1) is 10.1 Å². The maximum Gasteiger partial charge on any atom is 1.00 e. The summed E-state index contributed by atoms with van der Waals surface area (Å²) >= 11 is 0. The summed E-state index contributed by atoms with van der Waals surface area (Å²) in [7, 11) is 0. The SMILES string of the molecule is O=C([O-])c1ccc([N-][N+](=O)[O-])cc1.[K+].[K+]. The van der Waals surface area contributed by atoms with Crippen molar-refractivity contribution in [2.24, 2.45) is 0 Å². The van der Waals surface area contributed by atoms with Crippen LogP contribution in [0.15, 0.2) is 24.3 Å². The topological polar surface area (TPSA) is 97.4 Å². The van der Waals surface area contributed by atoms with Gasteiger partial charge in [0.15, 0.2) is 0 Å².